The third-order valence-electron chi connectivity index (χ3n) is 5.20. The Hall–Kier alpha value is -1.28. The predicted octanol–water partition coefficient (Wildman–Crippen LogP) is 4.63. The van der Waals surface area contributed by atoms with Crippen LogP contribution in [0.15, 0.2) is 30.5 Å². The van der Waals surface area contributed by atoms with E-state index >= 15 is 0 Å². The Morgan fingerprint density at radius 3 is 2.62 bits per heavy atom. The Morgan fingerprint density at radius 2 is 1.86 bits per heavy atom. The molecule has 1 aliphatic rings. The summed E-state index contributed by atoms with van der Waals surface area (Å²) in [4.78, 5) is 0. The fourth-order valence-corrected chi connectivity index (χ4v) is 3.82. The molecule has 0 saturated heterocycles. The van der Waals surface area contributed by atoms with Crippen LogP contribution >= 0.6 is 0 Å². The lowest BCUT2D eigenvalue weighted by Crippen LogP contribution is -2.32. The molecule has 1 saturated carbocycles. The fourth-order valence-electron chi connectivity index (χ4n) is 3.82. The van der Waals surface area contributed by atoms with Crippen molar-refractivity contribution < 1.29 is 0 Å². The average molecular weight is 284 g/mol. The molecule has 2 aromatic rings. The topological polar surface area (TPSA) is 17.0 Å². The van der Waals surface area contributed by atoms with Crippen LogP contribution in [0.3, 0.4) is 0 Å². The second kappa shape index (κ2) is 6.65. The molecule has 1 aromatic carbocycles. The minimum atomic E-state index is 0.627. The number of fused-ring (bicyclic) bond motifs is 1. The molecule has 1 heterocycles. The highest BCUT2D eigenvalue weighted by atomic mass is 14.9. The second-order valence-electron chi connectivity index (χ2n) is 6.70. The highest BCUT2D eigenvalue weighted by Gasteiger charge is 2.19. The first kappa shape index (κ1) is 14.6. The van der Waals surface area contributed by atoms with Crippen LogP contribution in [0.5, 0.6) is 0 Å². The number of nitrogens with one attached hydrogen (secondary N) is 1. The average Bonchev–Trinajstić information content (AvgIpc) is 2.71. The van der Waals surface area contributed by atoms with Crippen molar-refractivity contribution in [2.75, 3.05) is 0 Å². The van der Waals surface area contributed by atoms with E-state index in [1.807, 2.05) is 0 Å². The standard InChI is InChI=1S/C19H28N2/c1-15(16-9-5-3-4-6-10-16)20-13-17-14-21(2)19-12-8-7-11-18(17)19/h7-8,11-12,14-16,20H,3-6,9-10,13H2,1-2H3/t15-/m0/s1. The first-order valence-electron chi connectivity index (χ1n) is 8.52. The van der Waals surface area contributed by atoms with Crippen molar-refractivity contribution in [3.63, 3.8) is 0 Å². The van der Waals surface area contributed by atoms with E-state index in [0.717, 1.165) is 12.5 Å². The zero-order valence-electron chi connectivity index (χ0n) is 13.4. The predicted molar refractivity (Wildman–Crippen MR) is 90.4 cm³/mol. The summed E-state index contributed by atoms with van der Waals surface area (Å²) in [6, 6.07) is 9.33. The molecular formula is C19H28N2. The molecular weight excluding hydrogens is 256 g/mol. The zero-order valence-corrected chi connectivity index (χ0v) is 13.4. The SMILES string of the molecule is C[C@H](NCc1cn(C)c2ccccc12)C1CCCCCC1. The molecule has 0 spiro atoms. The summed E-state index contributed by atoms with van der Waals surface area (Å²) in [5.74, 6) is 0.863. The molecule has 1 fully saturated rings. The van der Waals surface area contributed by atoms with E-state index < -0.39 is 0 Å². The molecule has 0 aliphatic heterocycles. The maximum absolute atomic E-state index is 3.79. The molecule has 1 atom stereocenters. The molecule has 1 aromatic heterocycles. The minimum Gasteiger partial charge on any atom is -0.350 e. The maximum atomic E-state index is 3.79. The quantitative estimate of drug-likeness (QED) is 0.810. The van der Waals surface area contributed by atoms with Crippen molar-refractivity contribution >= 4 is 10.9 Å². The van der Waals surface area contributed by atoms with Crippen molar-refractivity contribution in [2.45, 2.75) is 58.0 Å². The molecule has 0 radical (unpaired) electrons. The summed E-state index contributed by atoms with van der Waals surface area (Å²) in [5, 5.41) is 5.18. The van der Waals surface area contributed by atoms with Gasteiger partial charge in [-0.15, -0.1) is 0 Å². The Labute approximate surface area is 128 Å². The second-order valence-corrected chi connectivity index (χ2v) is 6.70. The number of aromatic nitrogens is 1. The van der Waals surface area contributed by atoms with E-state index in [1.54, 1.807) is 0 Å². The summed E-state index contributed by atoms with van der Waals surface area (Å²) in [6.45, 7) is 3.36. The van der Waals surface area contributed by atoms with Crippen LogP contribution < -0.4 is 5.32 Å². The van der Waals surface area contributed by atoms with E-state index in [4.69, 9.17) is 0 Å². The lowest BCUT2D eigenvalue weighted by Gasteiger charge is -2.23. The molecule has 3 rings (SSSR count). The van der Waals surface area contributed by atoms with Crippen molar-refractivity contribution in [1.29, 1.82) is 0 Å². The summed E-state index contributed by atoms with van der Waals surface area (Å²) in [6.07, 6.45) is 10.8. The van der Waals surface area contributed by atoms with Gasteiger partial charge in [0.25, 0.3) is 0 Å². The van der Waals surface area contributed by atoms with Crippen LogP contribution in [0, 0.1) is 5.92 Å². The van der Waals surface area contributed by atoms with Gasteiger partial charge in [-0.2, -0.15) is 0 Å². The van der Waals surface area contributed by atoms with E-state index in [9.17, 15) is 0 Å². The van der Waals surface area contributed by atoms with E-state index in [-0.39, 0.29) is 0 Å². The van der Waals surface area contributed by atoms with Gasteiger partial charge >= 0.3 is 0 Å². The van der Waals surface area contributed by atoms with Gasteiger partial charge < -0.3 is 9.88 Å². The van der Waals surface area contributed by atoms with Crippen molar-refractivity contribution in [1.82, 2.24) is 9.88 Å². The summed E-state index contributed by atoms with van der Waals surface area (Å²) in [5.41, 5.74) is 2.75. The van der Waals surface area contributed by atoms with Crippen LogP contribution in [0.25, 0.3) is 10.9 Å². The smallest absolute Gasteiger partial charge is 0.0481 e. The van der Waals surface area contributed by atoms with Gasteiger partial charge in [0.15, 0.2) is 0 Å². The molecule has 0 bridgehead atoms. The molecule has 114 valence electrons. The van der Waals surface area contributed by atoms with E-state index in [2.05, 4.69) is 54.3 Å². The van der Waals surface area contributed by atoms with E-state index in [1.165, 1.54) is 55.0 Å². The Balaban J connectivity index is 1.65. The van der Waals surface area contributed by atoms with Gasteiger partial charge in [-0.3, -0.25) is 0 Å². The normalized spacial score (nSPS) is 18.8. The van der Waals surface area contributed by atoms with Crippen molar-refractivity contribution in [3.8, 4) is 0 Å². The largest absolute Gasteiger partial charge is 0.350 e. The highest BCUT2D eigenvalue weighted by Crippen LogP contribution is 2.26. The molecule has 1 N–H and O–H groups in total. The van der Waals surface area contributed by atoms with Crippen molar-refractivity contribution in [2.24, 2.45) is 13.0 Å². The molecule has 0 amide bonds. The van der Waals surface area contributed by atoms with Gasteiger partial charge in [0.05, 0.1) is 0 Å². The van der Waals surface area contributed by atoms with Crippen LogP contribution in [-0.4, -0.2) is 10.6 Å². The third-order valence-corrected chi connectivity index (χ3v) is 5.20. The highest BCUT2D eigenvalue weighted by molar-refractivity contribution is 5.83. The molecule has 21 heavy (non-hydrogen) atoms. The Kier molecular flexibility index (Phi) is 4.64. The lowest BCUT2D eigenvalue weighted by atomic mass is 9.93. The summed E-state index contributed by atoms with van der Waals surface area (Å²) >= 11 is 0. The number of hydrogen-bond donors (Lipinski definition) is 1. The van der Waals surface area contributed by atoms with Crippen LogP contribution in [0.1, 0.15) is 51.0 Å². The molecule has 2 nitrogen and oxygen atoms in total. The Bertz CT molecular complexity index is 576. The number of aryl methyl sites for hydroxylation is 1. The van der Waals surface area contributed by atoms with Crippen LogP contribution in [0.2, 0.25) is 0 Å². The van der Waals surface area contributed by atoms with Crippen molar-refractivity contribution in [3.05, 3.63) is 36.0 Å². The Morgan fingerprint density at radius 1 is 1.14 bits per heavy atom. The van der Waals surface area contributed by atoms with Crippen LogP contribution in [0.4, 0.5) is 0 Å². The molecule has 0 unspecified atom stereocenters. The fraction of sp³-hybridized carbons (Fsp3) is 0.579. The number of rotatable bonds is 4. The number of benzene rings is 1. The zero-order chi connectivity index (χ0) is 14.7. The van der Waals surface area contributed by atoms with Gasteiger partial charge in [-0.05, 0) is 37.3 Å². The van der Waals surface area contributed by atoms with Gasteiger partial charge in [-0.1, -0.05) is 43.9 Å². The van der Waals surface area contributed by atoms with Crippen LogP contribution in [-0.2, 0) is 13.6 Å². The first-order chi connectivity index (χ1) is 10.3. The molecule has 1 aliphatic carbocycles. The monoisotopic (exact) mass is 284 g/mol. The first-order valence-corrected chi connectivity index (χ1v) is 8.52. The van der Waals surface area contributed by atoms with E-state index in [0.29, 0.717) is 6.04 Å². The molecule has 2 heteroatoms. The van der Waals surface area contributed by atoms with Gasteiger partial charge in [0.2, 0.25) is 0 Å². The number of hydrogen-bond acceptors (Lipinski definition) is 1. The van der Waals surface area contributed by atoms with Gasteiger partial charge in [0, 0.05) is 36.7 Å². The lowest BCUT2D eigenvalue weighted by molar-refractivity contribution is 0.337. The number of para-hydroxylation sites is 1. The summed E-state index contributed by atoms with van der Waals surface area (Å²) < 4.78 is 2.24. The third kappa shape index (κ3) is 3.32. The maximum Gasteiger partial charge on any atom is 0.0481 e. The number of nitrogens with zero attached hydrogens (tertiary/aromatic N) is 1. The summed E-state index contributed by atoms with van der Waals surface area (Å²) in [7, 11) is 2.14. The minimum absolute atomic E-state index is 0.627. The van der Waals surface area contributed by atoms with Gasteiger partial charge in [-0.25, -0.2) is 0 Å². The van der Waals surface area contributed by atoms with Gasteiger partial charge in [0.1, 0.15) is 0 Å².